The Morgan fingerprint density at radius 3 is 2.50 bits per heavy atom. The van der Waals surface area contributed by atoms with Crippen molar-refractivity contribution >= 4 is 40.8 Å². The summed E-state index contributed by atoms with van der Waals surface area (Å²) in [4.78, 5) is 22.7. The van der Waals surface area contributed by atoms with Crippen molar-refractivity contribution in [2.75, 3.05) is 11.9 Å². The highest BCUT2D eigenvalue weighted by Crippen LogP contribution is 2.25. The number of halogens is 2. The number of anilines is 1. The lowest BCUT2D eigenvalue weighted by Gasteiger charge is -2.17. The number of aliphatic carboxylic acids is 1. The van der Waals surface area contributed by atoms with E-state index in [0.29, 0.717) is 15.7 Å². The van der Waals surface area contributed by atoms with Gasteiger partial charge in [-0.2, -0.15) is 0 Å². The zero-order chi connectivity index (χ0) is 15.3. The molecule has 1 rings (SSSR count). The molecule has 0 fully saturated rings. The number of benzene rings is 1. The molecule has 1 aromatic rings. The molecule has 0 aliphatic carbocycles. The second-order valence-corrected chi connectivity index (χ2v) is 5.46. The minimum atomic E-state index is -0.992. The monoisotopic (exact) mass is 318 g/mol. The summed E-state index contributed by atoms with van der Waals surface area (Å²) in [6.45, 7) is 3.40. The first-order valence-electron chi connectivity index (χ1n) is 6.02. The van der Waals surface area contributed by atoms with E-state index in [-0.39, 0.29) is 18.4 Å². The Labute approximate surface area is 127 Å². The van der Waals surface area contributed by atoms with Gasteiger partial charge in [-0.15, -0.1) is 0 Å². The Morgan fingerprint density at radius 1 is 1.30 bits per heavy atom. The molecule has 0 saturated heterocycles. The smallest absolute Gasteiger partial charge is 0.320 e. The van der Waals surface area contributed by atoms with Gasteiger partial charge in [-0.1, -0.05) is 37.0 Å². The Balaban J connectivity index is 2.60. The van der Waals surface area contributed by atoms with Crippen molar-refractivity contribution in [3.63, 3.8) is 0 Å². The lowest BCUT2D eigenvalue weighted by atomic mass is 10.1. The first-order valence-corrected chi connectivity index (χ1v) is 6.78. The molecule has 0 aromatic heterocycles. The number of hydrogen-bond acceptors (Lipinski definition) is 3. The van der Waals surface area contributed by atoms with Crippen LogP contribution in [0.2, 0.25) is 10.0 Å². The number of hydrogen-bond donors (Lipinski definition) is 3. The molecule has 1 unspecified atom stereocenters. The Bertz CT molecular complexity index is 506. The highest BCUT2D eigenvalue weighted by Gasteiger charge is 2.21. The minimum absolute atomic E-state index is 0.127. The fraction of sp³-hybridized carbons (Fsp3) is 0.385. The van der Waals surface area contributed by atoms with Gasteiger partial charge in [0.1, 0.15) is 6.04 Å². The Kier molecular flexibility index (Phi) is 6.26. The zero-order valence-corrected chi connectivity index (χ0v) is 12.6. The van der Waals surface area contributed by atoms with Gasteiger partial charge in [0.2, 0.25) is 5.91 Å². The van der Waals surface area contributed by atoms with Crippen LogP contribution < -0.4 is 10.6 Å². The Morgan fingerprint density at radius 2 is 1.95 bits per heavy atom. The molecule has 0 radical (unpaired) electrons. The van der Waals surface area contributed by atoms with E-state index in [1.807, 2.05) is 0 Å². The molecule has 0 aliphatic rings. The number of carbonyl (C=O) groups is 2. The molecule has 1 atom stereocenters. The first-order chi connectivity index (χ1) is 9.31. The van der Waals surface area contributed by atoms with Crippen molar-refractivity contribution < 1.29 is 14.7 Å². The molecule has 20 heavy (non-hydrogen) atoms. The van der Waals surface area contributed by atoms with Gasteiger partial charge >= 0.3 is 5.97 Å². The summed E-state index contributed by atoms with van der Waals surface area (Å²) in [6.07, 6.45) is 0. The normalized spacial score (nSPS) is 12.2. The fourth-order valence-corrected chi connectivity index (χ4v) is 1.94. The summed E-state index contributed by atoms with van der Waals surface area (Å²) in [6, 6.07) is 3.92. The summed E-state index contributed by atoms with van der Waals surface area (Å²) in [5, 5.41) is 15.1. The van der Waals surface area contributed by atoms with Gasteiger partial charge in [0.25, 0.3) is 0 Å². The van der Waals surface area contributed by atoms with E-state index < -0.39 is 12.0 Å². The standard InChI is InChI=1S/C13H16Cl2N2O3/c1-7(2)12(13(19)20)16-6-11(18)17-10-5-8(14)3-4-9(10)15/h3-5,7,12,16H,6H2,1-2H3,(H,17,18)(H,19,20). The molecule has 0 heterocycles. The fourth-order valence-electron chi connectivity index (χ4n) is 1.60. The zero-order valence-electron chi connectivity index (χ0n) is 11.1. The molecular formula is C13H16Cl2N2O3. The van der Waals surface area contributed by atoms with Crippen LogP contribution in [0.4, 0.5) is 5.69 Å². The van der Waals surface area contributed by atoms with Gasteiger partial charge in [0.05, 0.1) is 17.3 Å². The van der Waals surface area contributed by atoms with Gasteiger partial charge in [-0.05, 0) is 24.1 Å². The van der Waals surface area contributed by atoms with Crippen molar-refractivity contribution in [3.05, 3.63) is 28.2 Å². The van der Waals surface area contributed by atoms with Crippen molar-refractivity contribution in [3.8, 4) is 0 Å². The van der Waals surface area contributed by atoms with Crippen LogP contribution in [0.15, 0.2) is 18.2 Å². The predicted octanol–water partition coefficient (Wildman–Crippen LogP) is 2.63. The molecule has 110 valence electrons. The highest BCUT2D eigenvalue weighted by atomic mass is 35.5. The summed E-state index contributed by atoms with van der Waals surface area (Å²) < 4.78 is 0. The van der Waals surface area contributed by atoms with Crippen LogP contribution >= 0.6 is 23.2 Å². The van der Waals surface area contributed by atoms with Crippen LogP contribution in [0.1, 0.15) is 13.8 Å². The van der Waals surface area contributed by atoms with Crippen LogP contribution in [-0.2, 0) is 9.59 Å². The molecule has 3 N–H and O–H groups in total. The second-order valence-electron chi connectivity index (χ2n) is 4.61. The first kappa shape index (κ1) is 16.8. The SMILES string of the molecule is CC(C)C(NCC(=O)Nc1cc(Cl)ccc1Cl)C(=O)O. The largest absolute Gasteiger partial charge is 0.480 e. The van der Waals surface area contributed by atoms with Crippen LogP contribution in [0, 0.1) is 5.92 Å². The maximum absolute atomic E-state index is 11.8. The van der Waals surface area contributed by atoms with Crippen LogP contribution in [-0.4, -0.2) is 29.6 Å². The van der Waals surface area contributed by atoms with Gasteiger partial charge in [0.15, 0.2) is 0 Å². The number of carboxylic acid groups (broad SMARTS) is 1. The topological polar surface area (TPSA) is 78.4 Å². The predicted molar refractivity (Wildman–Crippen MR) is 79.4 cm³/mol. The van der Waals surface area contributed by atoms with Crippen molar-refractivity contribution in [1.82, 2.24) is 5.32 Å². The molecule has 1 amide bonds. The van der Waals surface area contributed by atoms with Crippen LogP contribution in [0.5, 0.6) is 0 Å². The summed E-state index contributed by atoms with van der Waals surface area (Å²) >= 11 is 11.7. The van der Waals surface area contributed by atoms with Crippen molar-refractivity contribution in [2.45, 2.75) is 19.9 Å². The van der Waals surface area contributed by atoms with E-state index in [4.69, 9.17) is 28.3 Å². The summed E-state index contributed by atoms with van der Waals surface area (Å²) in [5.41, 5.74) is 0.391. The third-order valence-electron chi connectivity index (χ3n) is 2.62. The quantitative estimate of drug-likeness (QED) is 0.753. The third-order valence-corrected chi connectivity index (χ3v) is 3.18. The highest BCUT2D eigenvalue weighted by molar-refractivity contribution is 6.35. The number of rotatable bonds is 6. The molecule has 0 saturated carbocycles. The summed E-state index contributed by atoms with van der Waals surface area (Å²) in [5.74, 6) is -1.51. The van der Waals surface area contributed by atoms with E-state index in [0.717, 1.165) is 0 Å². The maximum atomic E-state index is 11.8. The van der Waals surface area contributed by atoms with Gasteiger partial charge in [-0.25, -0.2) is 0 Å². The average molecular weight is 319 g/mol. The molecule has 0 bridgehead atoms. The number of carbonyl (C=O) groups excluding carboxylic acids is 1. The maximum Gasteiger partial charge on any atom is 0.320 e. The van der Waals surface area contributed by atoms with Gasteiger partial charge in [0, 0.05) is 5.02 Å². The molecular weight excluding hydrogens is 303 g/mol. The molecule has 5 nitrogen and oxygen atoms in total. The van der Waals surface area contributed by atoms with E-state index in [1.165, 1.54) is 6.07 Å². The Hall–Kier alpha value is -1.30. The van der Waals surface area contributed by atoms with Crippen molar-refractivity contribution in [1.29, 1.82) is 0 Å². The average Bonchev–Trinajstić information content (AvgIpc) is 2.33. The van der Waals surface area contributed by atoms with E-state index in [1.54, 1.807) is 26.0 Å². The van der Waals surface area contributed by atoms with E-state index in [9.17, 15) is 9.59 Å². The van der Waals surface area contributed by atoms with Gasteiger partial charge < -0.3 is 10.4 Å². The molecule has 0 spiro atoms. The number of nitrogens with one attached hydrogen (secondary N) is 2. The molecule has 1 aromatic carbocycles. The van der Waals surface area contributed by atoms with Crippen LogP contribution in [0.3, 0.4) is 0 Å². The second kappa shape index (κ2) is 7.47. The minimum Gasteiger partial charge on any atom is -0.480 e. The lowest BCUT2D eigenvalue weighted by molar-refractivity contribution is -0.140. The van der Waals surface area contributed by atoms with E-state index >= 15 is 0 Å². The van der Waals surface area contributed by atoms with Gasteiger partial charge in [-0.3, -0.25) is 14.9 Å². The molecule has 0 aliphatic heterocycles. The van der Waals surface area contributed by atoms with Crippen LogP contribution in [0.25, 0.3) is 0 Å². The summed E-state index contributed by atoms with van der Waals surface area (Å²) in [7, 11) is 0. The third kappa shape index (κ3) is 5.00. The van der Waals surface area contributed by atoms with E-state index in [2.05, 4.69) is 10.6 Å². The lowest BCUT2D eigenvalue weighted by Crippen LogP contribution is -2.44. The van der Waals surface area contributed by atoms with Crippen molar-refractivity contribution in [2.24, 2.45) is 5.92 Å². The molecule has 7 heteroatoms. The number of carboxylic acids is 1. The number of amides is 1.